The van der Waals surface area contributed by atoms with Crippen molar-refractivity contribution in [3.63, 3.8) is 0 Å². The third kappa shape index (κ3) is 5.21. The van der Waals surface area contributed by atoms with Crippen LogP contribution in [0.15, 0.2) is 24.3 Å². The summed E-state index contributed by atoms with van der Waals surface area (Å²) in [7, 11) is 1.70. The van der Waals surface area contributed by atoms with Crippen LogP contribution in [-0.4, -0.2) is 31.9 Å². The Morgan fingerprint density at radius 3 is 2.40 bits per heavy atom. The lowest BCUT2D eigenvalue weighted by Gasteiger charge is -2.24. The van der Waals surface area contributed by atoms with E-state index in [0.717, 1.165) is 19.4 Å². The summed E-state index contributed by atoms with van der Waals surface area (Å²) in [6, 6.07) is 7.77. The highest BCUT2D eigenvalue weighted by Crippen LogP contribution is 2.20. The molecule has 0 fully saturated rings. The molecule has 0 bridgehead atoms. The van der Waals surface area contributed by atoms with E-state index in [2.05, 4.69) is 0 Å². The molecular formula is C16H24O4. The highest BCUT2D eigenvalue weighted by atomic mass is 16.6. The number of rotatable bonds is 8. The number of methoxy groups -OCH3 is 1. The van der Waals surface area contributed by atoms with Crippen LogP contribution in [0.1, 0.15) is 32.8 Å². The first-order valence-corrected chi connectivity index (χ1v) is 6.93. The third-order valence-electron chi connectivity index (χ3n) is 2.88. The normalized spacial score (nSPS) is 11.2. The zero-order valence-electron chi connectivity index (χ0n) is 12.8. The maximum Gasteiger partial charge on any atom is 0.349 e. The summed E-state index contributed by atoms with van der Waals surface area (Å²) in [5, 5.41) is 0. The molecule has 0 N–H and O–H groups in total. The second-order valence-corrected chi connectivity index (χ2v) is 5.07. The van der Waals surface area contributed by atoms with Gasteiger partial charge in [0.2, 0.25) is 0 Å². The fraction of sp³-hybridized carbons (Fsp3) is 0.562. The van der Waals surface area contributed by atoms with Crippen LogP contribution in [-0.2, 0) is 20.7 Å². The van der Waals surface area contributed by atoms with E-state index >= 15 is 0 Å². The van der Waals surface area contributed by atoms with Crippen LogP contribution in [0.2, 0.25) is 0 Å². The van der Waals surface area contributed by atoms with Crippen molar-refractivity contribution in [2.24, 2.45) is 0 Å². The number of hydrogen-bond donors (Lipinski definition) is 0. The summed E-state index contributed by atoms with van der Waals surface area (Å²) in [6.45, 7) is 6.30. The van der Waals surface area contributed by atoms with Crippen LogP contribution in [0, 0.1) is 0 Å². The first kappa shape index (κ1) is 16.5. The molecule has 4 heteroatoms. The molecule has 0 aliphatic carbocycles. The van der Waals surface area contributed by atoms with Crippen molar-refractivity contribution in [2.75, 3.05) is 20.3 Å². The molecule has 0 aliphatic rings. The highest BCUT2D eigenvalue weighted by molar-refractivity contribution is 5.79. The van der Waals surface area contributed by atoms with E-state index in [9.17, 15) is 4.79 Å². The van der Waals surface area contributed by atoms with Crippen LogP contribution < -0.4 is 4.74 Å². The third-order valence-corrected chi connectivity index (χ3v) is 2.88. The van der Waals surface area contributed by atoms with E-state index in [1.54, 1.807) is 27.9 Å². The topological polar surface area (TPSA) is 44.8 Å². The SMILES string of the molecule is CCOC(=O)C(C)(C)Oc1ccc(CCCOC)cc1. The van der Waals surface area contributed by atoms with Crippen LogP contribution in [0.4, 0.5) is 0 Å². The Balaban J connectivity index is 2.58. The Morgan fingerprint density at radius 2 is 1.85 bits per heavy atom. The van der Waals surface area contributed by atoms with Gasteiger partial charge >= 0.3 is 5.97 Å². The number of hydrogen-bond acceptors (Lipinski definition) is 4. The van der Waals surface area contributed by atoms with Gasteiger partial charge in [-0.05, 0) is 51.3 Å². The molecule has 0 spiro atoms. The maximum absolute atomic E-state index is 11.7. The average Bonchev–Trinajstić information content (AvgIpc) is 2.41. The Bertz CT molecular complexity index is 409. The Labute approximate surface area is 121 Å². The fourth-order valence-electron chi connectivity index (χ4n) is 1.79. The van der Waals surface area contributed by atoms with Crippen molar-refractivity contribution in [2.45, 2.75) is 39.2 Å². The monoisotopic (exact) mass is 280 g/mol. The van der Waals surface area contributed by atoms with E-state index in [4.69, 9.17) is 14.2 Å². The van der Waals surface area contributed by atoms with Gasteiger partial charge < -0.3 is 14.2 Å². The van der Waals surface area contributed by atoms with E-state index in [1.807, 2.05) is 24.3 Å². The maximum atomic E-state index is 11.7. The van der Waals surface area contributed by atoms with Crippen molar-refractivity contribution < 1.29 is 19.0 Å². The molecule has 0 unspecified atom stereocenters. The highest BCUT2D eigenvalue weighted by Gasteiger charge is 2.31. The van der Waals surface area contributed by atoms with Gasteiger partial charge in [-0.2, -0.15) is 0 Å². The molecule has 0 saturated heterocycles. The van der Waals surface area contributed by atoms with Crippen LogP contribution >= 0.6 is 0 Å². The number of ether oxygens (including phenoxy) is 3. The zero-order chi connectivity index (χ0) is 15.0. The van der Waals surface area contributed by atoms with Crippen LogP contribution in [0.25, 0.3) is 0 Å². The standard InChI is InChI=1S/C16H24O4/c1-5-19-15(17)16(2,3)20-14-10-8-13(9-11-14)7-6-12-18-4/h8-11H,5-7,12H2,1-4H3. The second-order valence-electron chi connectivity index (χ2n) is 5.07. The van der Waals surface area contributed by atoms with Gasteiger partial charge in [0.1, 0.15) is 5.75 Å². The number of benzene rings is 1. The van der Waals surface area contributed by atoms with Gasteiger partial charge in [-0.25, -0.2) is 4.79 Å². The smallest absolute Gasteiger partial charge is 0.349 e. The lowest BCUT2D eigenvalue weighted by Crippen LogP contribution is -2.39. The predicted molar refractivity (Wildman–Crippen MR) is 78.0 cm³/mol. The van der Waals surface area contributed by atoms with Crippen LogP contribution in [0.3, 0.4) is 0 Å². The van der Waals surface area contributed by atoms with Crippen molar-refractivity contribution in [1.29, 1.82) is 0 Å². The summed E-state index contributed by atoms with van der Waals surface area (Å²) in [6.07, 6.45) is 1.96. The van der Waals surface area contributed by atoms with Gasteiger partial charge in [0.05, 0.1) is 6.61 Å². The van der Waals surface area contributed by atoms with E-state index in [1.165, 1.54) is 5.56 Å². The molecule has 1 rings (SSSR count). The lowest BCUT2D eigenvalue weighted by atomic mass is 10.1. The lowest BCUT2D eigenvalue weighted by molar-refractivity contribution is -0.158. The molecule has 0 aliphatic heterocycles. The molecule has 0 aromatic heterocycles. The van der Waals surface area contributed by atoms with Gasteiger partial charge in [-0.1, -0.05) is 12.1 Å². The summed E-state index contributed by atoms with van der Waals surface area (Å²) >= 11 is 0. The van der Waals surface area contributed by atoms with Gasteiger partial charge in [0.25, 0.3) is 0 Å². The summed E-state index contributed by atoms with van der Waals surface area (Å²) in [5.41, 5.74) is 0.247. The molecule has 0 amide bonds. The molecule has 0 heterocycles. The minimum atomic E-state index is -0.979. The predicted octanol–water partition coefficient (Wildman–Crippen LogP) is 2.99. The Morgan fingerprint density at radius 1 is 1.20 bits per heavy atom. The number of carbonyl (C=O) groups excluding carboxylic acids is 1. The summed E-state index contributed by atoms with van der Waals surface area (Å²) in [5.74, 6) is 0.308. The van der Waals surface area contributed by atoms with Gasteiger partial charge in [-0.15, -0.1) is 0 Å². The first-order chi connectivity index (χ1) is 9.49. The number of aryl methyl sites for hydroxylation is 1. The molecule has 4 nitrogen and oxygen atoms in total. The molecule has 1 aromatic rings. The van der Waals surface area contributed by atoms with Crippen LogP contribution in [0.5, 0.6) is 5.75 Å². The van der Waals surface area contributed by atoms with Crippen molar-refractivity contribution in [1.82, 2.24) is 0 Å². The minimum Gasteiger partial charge on any atom is -0.476 e. The van der Waals surface area contributed by atoms with Gasteiger partial charge in [-0.3, -0.25) is 0 Å². The van der Waals surface area contributed by atoms with Crippen molar-refractivity contribution in [3.8, 4) is 5.75 Å². The average molecular weight is 280 g/mol. The fourth-order valence-corrected chi connectivity index (χ4v) is 1.79. The van der Waals surface area contributed by atoms with Crippen molar-refractivity contribution >= 4 is 5.97 Å². The Kier molecular flexibility index (Phi) is 6.52. The number of esters is 1. The molecule has 1 aromatic carbocycles. The van der Waals surface area contributed by atoms with E-state index in [0.29, 0.717) is 12.4 Å². The van der Waals surface area contributed by atoms with Crippen molar-refractivity contribution in [3.05, 3.63) is 29.8 Å². The van der Waals surface area contributed by atoms with Gasteiger partial charge in [0.15, 0.2) is 5.60 Å². The summed E-state index contributed by atoms with van der Waals surface area (Å²) < 4.78 is 15.7. The molecule has 0 atom stereocenters. The Hall–Kier alpha value is -1.55. The summed E-state index contributed by atoms with van der Waals surface area (Å²) in [4.78, 5) is 11.7. The zero-order valence-corrected chi connectivity index (χ0v) is 12.8. The minimum absolute atomic E-state index is 0.351. The quantitative estimate of drug-likeness (QED) is 0.542. The molecule has 0 radical (unpaired) electrons. The van der Waals surface area contributed by atoms with E-state index < -0.39 is 5.60 Å². The van der Waals surface area contributed by atoms with E-state index in [-0.39, 0.29) is 5.97 Å². The second kappa shape index (κ2) is 7.90. The first-order valence-electron chi connectivity index (χ1n) is 6.93. The molecule has 0 saturated carbocycles. The number of carbonyl (C=O) groups is 1. The molecular weight excluding hydrogens is 256 g/mol. The van der Waals surface area contributed by atoms with Gasteiger partial charge in [0, 0.05) is 13.7 Å². The molecule has 112 valence electrons. The molecule has 20 heavy (non-hydrogen) atoms. The largest absolute Gasteiger partial charge is 0.476 e.